The molecule has 6 fully saturated rings. The first-order valence-electron chi connectivity index (χ1n) is 23.9. The van der Waals surface area contributed by atoms with Gasteiger partial charge in [0, 0.05) is 67.6 Å². The number of fused-ring (bicyclic) bond motifs is 6. The summed E-state index contributed by atoms with van der Waals surface area (Å²) in [4.78, 5) is 53.0. The number of hydrogen-bond acceptors (Lipinski definition) is 11. The van der Waals surface area contributed by atoms with Crippen LogP contribution >= 0.6 is 0 Å². The molecular formula is C51H58N10O5. The number of nitrogens with one attached hydrogen (secondary N) is 1. The van der Waals surface area contributed by atoms with Crippen LogP contribution in [0.2, 0.25) is 0 Å². The third kappa shape index (κ3) is 6.78. The van der Waals surface area contributed by atoms with Crippen molar-refractivity contribution < 1.29 is 23.8 Å². The largest absolute Gasteiger partial charge is 0.494 e. The molecule has 2 saturated heterocycles. The summed E-state index contributed by atoms with van der Waals surface area (Å²) in [6.45, 7) is 1.37. The van der Waals surface area contributed by atoms with Gasteiger partial charge in [-0.2, -0.15) is 0 Å². The van der Waals surface area contributed by atoms with Crippen molar-refractivity contribution in [2.45, 2.75) is 88.4 Å². The number of piperidine rings is 2. The molecule has 12 rings (SSSR count). The number of hydrogen-bond donors (Lipinski definition) is 2. The number of carbonyl (C=O) groups excluding carboxylic acids is 2. The topological polar surface area (TPSA) is 168 Å². The molecule has 4 bridgehead atoms. The number of imidazole rings is 2. The zero-order chi connectivity index (χ0) is 45.1. The normalized spacial score (nSPS) is 24.3. The summed E-state index contributed by atoms with van der Waals surface area (Å²) >= 11 is 0. The van der Waals surface area contributed by atoms with Crippen molar-refractivity contribution >= 4 is 39.7 Å². The third-order valence-electron chi connectivity index (χ3n) is 15.9. The molecule has 2 aliphatic heterocycles. The first-order chi connectivity index (χ1) is 32.1. The van der Waals surface area contributed by atoms with Crippen molar-refractivity contribution in [2.24, 2.45) is 43.5 Å². The lowest BCUT2D eigenvalue weighted by molar-refractivity contribution is 0.0693. The van der Waals surface area contributed by atoms with Crippen LogP contribution < -0.4 is 25.3 Å². The fourth-order valence-electron chi connectivity index (χ4n) is 12.0. The fraction of sp³-hybridized carbons (Fsp3) is 0.490. The number of rotatable bonds is 13. The second-order valence-electron chi connectivity index (χ2n) is 19.9. The summed E-state index contributed by atoms with van der Waals surface area (Å²) in [6.07, 6.45) is 10.5. The summed E-state index contributed by atoms with van der Waals surface area (Å²) < 4.78 is 21.5. The van der Waals surface area contributed by atoms with Gasteiger partial charge in [-0.1, -0.05) is 0 Å². The molecule has 4 aromatic heterocycles. The Bertz CT molecular complexity index is 2950. The first kappa shape index (κ1) is 41.2. The van der Waals surface area contributed by atoms with E-state index in [0.29, 0.717) is 76.3 Å². The van der Waals surface area contributed by atoms with Crippen LogP contribution in [0.4, 0.5) is 5.82 Å². The molecule has 66 heavy (non-hydrogen) atoms. The van der Waals surface area contributed by atoms with Crippen LogP contribution in [-0.2, 0) is 26.9 Å². The number of carbonyl (C=O) groups is 2. The maximum absolute atomic E-state index is 14.6. The second kappa shape index (κ2) is 15.7. The number of aromatic nitrogens is 6. The minimum absolute atomic E-state index is 0.0127. The number of pyridine rings is 2. The van der Waals surface area contributed by atoms with E-state index in [9.17, 15) is 9.59 Å². The van der Waals surface area contributed by atoms with Gasteiger partial charge in [-0.3, -0.25) is 9.59 Å². The van der Waals surface area contributed by atoms with E-state index in [1.54, 1.807) is 21.3 Å². The smallest absolute Gasteiger partial charge is 0.254 e. The zero-order valence-corrected chi connectivity index (χ0v) is 38.4. The van der Waals surface area contributed by atoms with E-state index in [0.717, 1.165) is 89.5 Å². The maximum atomic E-state index is 14.6. The Balaban J connectivity index is 0.812. The number of aryl methyl sites for hydroxylation is 2. The van der Waals surface area contributed by atoms with Crippen LogP contribution in [0.15, 0.2) is 48.5 Å². The minimum Gasteiger partial charge on any atom is -0.494 e. The number of likely N-dealkylation sites (tertiary alicyclic amines) is 2. The van der Waals surface area contributed by atoms with Crippen molar-refractivity contribution in [3.05, 3.63) is 71.0 Å². The quantitative estimate of drug-likeness (QED) is 0.125. The molecule has 4 saturated carbocycles. The molecule has 4 aliphatic carbocycles. The summed E-state index contributed by atoms with van der Waals surface area (Å²) in [6, 6.07) is 15.9. The van der Waals surface area contributed by atoms with Gasteiger partial charge in [-0.15, -0.1) is 0 Å². The van der Waals surface area contributed by atoms with Gasteiger partial charge in [-0.05, 0) is 130 Å². The second-order valence-corrected chi connectivity index (χ2v) is 19.9. The predicted octanol–water partition coefficient (Wildman–Crippen LogP) is 6.79. The van der Waals surface area contributed by atoms with Gasteiger partial charge >= 0.3 is 0 Å². The fourth-order valence-corrected chi connectivity index (χ4v) is 12.0. The highest BCUT2D eigenvalue weighted by Crippen LogP contribution is 2.44. The molecule has 15 nitrogen and oxygen atoms in total. The Morgan fingerprint density at radius 1 is 0.636 bits per heavy atom. The monoisotopic (exact) mass is 890 g/mol. The number of amides is 2. The molecule has 0 radical (unpaired) electrons. The van der Waals surface area contributed by atoms with Crippen molar-refractivity contribution in [3.8, 4) is 40.2 Å². The number of nitrogens with two attached hydrogens (primary N) is 1. The standard InChI is InChI=1S/C51H58N10O5/c1-58-46-36(20-30(22-40(46)64-3)50(62)60-24-28-10-14-38(60)44(28)52)55-48(58)32-12-16-42(53-34(32)18-26-6-7-26)57-45-29-11-15-39(45)61(25-29)51(63)31-21-37-47(41(23-31)65-4)59(2)49(56-37)33-13-17-43(66-5)54-35(33)19-27-8-9-27/h12-13,16-17,20-23,26-29,38-39,44-45H,6-11,14-15,18-19,24-25,52H2,1-5H3,(H,53,57)/t28-,29-,38-,39-,44-,45-/m1/s1. The van der Waals surface area contributed by atoms with E-state index in [1.807, 2.05) is 60.3 Å². The SMILES string of the molecule is COc1ccc(-c2nc3cc(C(=O)N4C[C@H]5CC[C@@H]4[C@@H]5Nc4ccc(-c5nc6cc(C(=O)N7C[C@H]8CC[C@@H]7[C@@H]8N)cc(OC)c6n5C)c(CC5CC5)n4)cc(OC)c3n2C)c(CC2CC2)n1. The average molecular weight is 891 g/mol. The Labute approximate surface area is 384 Å². The lowest BCUT2D eigenvalue weighted by atomic mass is 10.1. The first-order valence-corrected chi connectivity index (χ1v) is 23.9. The molecule has 15 heteroatoms. The Morgan fingerprint density at radius 3 is 1.70 bits per heavy atom. The Morgan fingerprint density at radius 2 is 1.17 bits per heavy atom. The molecule has 6 aromatic rings. The Kier molecular flexibility index (Phi) is 9.81. The summed E-state index contributed by atoms with van der Waals surface area (Å²) in [5.74, 6) is 6.06. The van der Waals surface area contributed by atoms with Gasteiger partial charge in [0.25, 0.3) is 11.8 Å². The highest BCUT2D eigenvalue weighted by molar-refractivity contribution is 6.01. The van der Waals surface area contributed by atoms with Crippen LogP contribution in [0.1, 0.15) is 83.5 Å². The number of ether oxygens (including phenoxy) is 3. The van der Waals surface area contributed by atoms with Crippen molar-refractivity contribution in [1.29, 1.82) is 0 Å². The summed E-state index contributed by atoms with van der Waals surface area (Å²) in [5, 5.41) is 3.83. The molecule has 342 valence electrons. The highest BCUT2D eigenvalue weighted by Gasteiger charge is 2.50. The van der Waals surface area contributed by atoms with E-state index in [2.05, 4.69) is 26.6 Å². The predicted molar refractivity (Wildman–Crippen MR) is 251 cm³/mol. The van der Waals surface area contributed by atoms with Crippen LogP contribution in [0.5, 0.6) is 17.4 Å². The summed E-state index contributed by atoms with van der Waals surface area (Å²) in [5.41, 5.74) is 14.6. The minimum atomic E-state index is -0.0157. The highest BCUT2D eigenvalue weighted by atomic mass is 16.5. The number of anilines is 1. The molecular weight excluding hydrogens is 833 g/mol. The Hall–Kier alpha value is -6.22. The average Bonchev–Trinajstić information content (AvgIpc) is 4.11. The number of methoxy groups -OCH3 is 3. The lowest BCUT2D eigenvalue weighted by Crippen LogP contribution is -2.41. The van der Waals surface area contributed by atoms with Crippen LogP contribution in [0.25, 0.3) is 44.8 Å². The van der Waals surface area contributed by atoms with Gasteiger partial charge in [0.05, 0.1) is 55.8 Å². The molecule has 0 spiro atoms. The van der Waals surface area contributed by atoms with E-state index >= 15 is 0 Å². The number of nitrogens with zero attached hydrogens (tertiary/aromatic N) is 8. The van der Waals surface area contributed by atoms with Crippen LogP contribution in [-0.4, -0.2) is 109 Å². The zero-order valence-electron chi connectivity index (χ0n) is 38.4. The van der Waals surface area contributed by atoms with Gasteiger partial charge < -0.3 is 44.2 Å². The molecule has 6 aliphatic rings. The molecule has 3 N–H and O–H groups in total. The van der Waals surface area contributed by atoms with Gasteiger partial charge in [0.2, 0.25) is 5.88 Å². The molecule has 0 unspecified atom stereocenters. The maximum Gasteiger partial charge on any atom is 0.254 e. The molecule has 6 heterocycles. The van der Waals surface area contributed by atoms with Gasteiger partial charge in [0.15, 0.2) is 0 Å². The van der Waals surface area contributed by atoms with E-state index in [4.69, 9.17) is 39.9 Å². The van der Waals surface area contributed by atoms with Crippen molar-refractivity contribution in [2.75, 3.05) is 39.7 Å². The summed E-state index contributed by atoms with van der Waals surface area (Å²) in [7, 11) is 8.94. The van der Waals surface area contributed by atoms with E-state index < -0.39 is 0 Å². The third-order valence-corrected chi connectivity index (χ3v) is 15.9. The van der Waals surface area contributed by atoms with E-state index in [-0.39, 0.29) is 36.0 Å². The lowest BCUT2D eigenvalue weighted by Gasteiger charge is -2.28. The van der Waals surface area contributed by atoms with Crippen molar-refractivity contribution in [1.82, 2.24) is 38.9 Å². The van der Waals surface area contributed by atoms with Gasteiger partial charge in [-0.25, -0.2) is 19.9 Å². The van der Waals surface area contributed by atoms with Gasteiger partial charge in [0.1, 0.15) is 40.0 Å². The molecule has 2 aromatic carbocycles. The molecule has 6 atom stereocenters. The number of benzene rings is 2. The van der Waals surface area contributed by atoms with E-state index in [1.165, 1.54) is 25.7 Å². The molecule has 2 amide bonds. The van der Waals surface area contributed by atoms with Crippen LogP contribution in [0, 0.1) is 23.7 Å². The van der Waals surface area contributed by atoms with Crippen molar-refractivity contribution in [3.63, 3.8) is 0 Å². The van der Waals surface area contributed by atoms with Crippen LogP contribution in [0.3, 0.4) is 0 Å².